The molecular weight excluding hydrogens is 336 g/mol. The second kappa shape index (κ2) is 7.78. The van der Waals surface area contributed by atoms with Gasteiger partial charge in [0.05, 0.1) is 6.54 Å². The molecule has 6 heteroatoms. The second-order valence-electron chi connectivity index (χ2n) is 6.33. The SMILES string of the molecule is Cc1cc(NCc2ccc(Cn3cccn3)cc2)nc(-c2ccncc2)n1. The van der Waals surface area contributed by atoms with Crippen molar-refractivity contribution in [3.05, 3.63) is 90.1 Å². The second-order valence-corrected chi connectivity index (χ2v) is 6.33. The lowest BCUT2D eigenvalue weighted by atomic mass is 10.1. The molecule has 0 radical (unpaired) electrons. The summed E-state index contributed by atoms with van der Waals surface area (Å²) < 4.78 is 1.91. The highest BCUT2D eigenvalue weighted by molar-refractivity contribution is 5.56. The standard InChI is InChI=1S/C21H20N6/c1-16-13-20(26-21(25-16)19-7-10-22-11-8-19)23-14-17-3-5-18(6-4-17)15-27-12-2-9-24-27/h2-13H,14-15H2,1H3,(H,23,25,26). The lowest BCUT2D eigenvalue weighted by molar-refractivity contribution is 0.686. The first-order valence-electron chi connectivity index (χ1n) is 8.81. The Morgan fingerprint density at radius 3 is 2.44 bits per heavy atom. The zero-order valence-corrected chi connectivity index (χ0v) is 15.1. The van der Waals surface area contributed by atoms with Crippen LogP contribution in [0.5, 0.6) is 0 Å². The molecule has 0 aliphatic carbocycles. The Hall–Kier alpha value is -3.54. The van der Waals surface area contributed by atoms with Crippen molar-refractivity contribution in [2.45, 2.75) is 20.0 Å². The molecule has 0 aliphatic rings. The van der Waals surface area contributed by atoms with E-state index in [1.807, 2.05) is 42.1 Å². The number of nitrogens with one attached hydrogen (secondary N) is 1. The third kappa shape index (κ3) is 4.36. The molecule has 0 saturated carbocycles. The van der Waals surface area contributed by atoms with Crippen molar-refractivity contribution in [3.8, 4) is 11.4 Å². The van der Waals surface area contributed by atoms with Gasteiger partial charge in [0.15, 0.2) is 5.82 Å². The summed E-state index contributed by atoms with van der Waals surface area (Å²) in [6, 6.07) is 16.2. The van der Waals surface area contributed by atoms with Gasteiger partial charge in [-0.1, -0.05) is 24.3 Å². The Morgan fingerprint density at radius 1 is 0.926 bits per heavy atom. The molecular formula is C21H20N6. The number of benzene rings is 1. The molecule has 27 heavy (non-hydrogen) atoms. The van der Waals surface area contributed by atoms with Crippen molar-refractivity contribution < 1.29 is 0 Å². The van der Waals surface area contributed by atoms with Gasteiger partial charge in [-0.2, -0.15) is 5.10 Å². The van der Waals surface area contributed by atoms with Crippen molar-refractivity contribution >= 4 is 5.82 Å². The average Bonchev–Trinajstić information content (AvgIpc) is 3.21. The normalized spacial score (nSPS) is 10.7. The van der Waals surface area contributed by atoms with Crippen LogP contribution < -0.4 is 5.32 Å². The smallest absolute Gasteiger partial charge is 0.161 e. The van der Waals surface area contributed by atoms with Crippen molar-refractivity contribution in [1.82, 2.24) is 24.7 Å². The van der Waals surface area contributed by atoms with Crippen molar-refractivity contribution in [1.29, 1.82) is 0 Å². The summed E-state index contributed by atoms with van der Waals surface area (Å²) in [6.45, 7) is 3.46. The molecule has 0 fully saturated rings. The lowest BCUT2D eigenvalue weighted by Crippen LogP contribution is -2.04. The van der Waals surface area contributed by atoms with Gasteiger partial charge < -0.3 is 5.32 Å². The first-order valence-corrected chi connectivity index (χ1v) is 8.81. The minimum absolute atomic E-state index is 0.703. The van der Waals surface area contributed by atoms with Gasteiger partial charge in [-0.3, -0.25) is 9.67 Å². The predicted molar refractivity (Wildman–Crippen MR) is 105 cm³/mol. The van der Waals surface area contributed by atoms with E-state index < -0.39 is 0 Å². The van der Waals surface area contributed by atoms with E-state index in [1.165, 1.54) is 11.1 Å². The molecule has 3 aromatic heterocycles. The maximum Gasteiger partial charge on any atom is 0.161 e. The molecule has 0 saturated heterocycles. The summed E-state index contributed by atoms with van der Waals surface area (Å²) in [7, 11) is 0. The lowest BCUT2D eigenvalue weighted by Gasteiger charge is -2.09. The van der Waals surface area contributed by atoms with Gasteiger partial charge in [-0.05, 0) is 36.2 Å². The Morgan fingerprint density at radius 2 is 1.70 bits per heavy atom. The van der Waals surface area contributed by atoms with Crippen LogP contribution in [0.3, 0.4) is 0 Å². The van der Waals surface area contributed by atoms with Crippen molar-refractivity contribution in [3.63, 3.8) is 0 Å². The number of aromatic nitrogens is 5. The number of pyridine rings is 1. The summed E-state index contributed by atoms with van der Waals surface area (Å²) >= 11 is 0. The van der Waals surface area contributed by atoms with E-state index in [4.69, 9.17) is 0 Å². The zero-order valence-electron chi connectivity index (χ0n) is 15.1. The molecule has 3 heterocycles. The van der Waals surface area contributed by atoms with Gasteiger partial charge in [-0.25, -0.2) is 9.97 Å². The molecule has 4 rings (SSSR count). The third-order valence-electron chi connectivity index (χ3n) is 4.19. The Labute approximate surface area is 158 Å². The zero-order chi connectivity index (χ0) is 18.5. The largest absolute Gasteiger partial charge is 0.366 e. The van der Waals surface area contributed by atoms with Gasteiger partial charge in [-0.15, -0.1) is 0 Å². The molecule has 0 amide bonds. The third-order valence-corrected chi connectivity index (χ3v) is 4.19. The minimum atomic E-state index is 0.703. The van der Waals surface area contributed by atoms with E-state index in [0.29, 0.717) is 12.4 Å². The first kappa shape index (κ1) is 16.9. The van der Waals surface area contributed by atoms with Crippen LogP contribution in [0.4, 0.5) is 5.82 Å². The monoisotopic (exact) mass is 356 g/mol. The fourth-order valence-electron chi connectivity index (χ4n) is 2.83. The minimum Gasteiger partial charge on any atom is -0.366 e. The van der Waals surface area contributed by atoms with Crippen LogP contribution in [-0.2, 0) is 13.1 Å². The summed E-state index contributed by atoms with van der Waals surface area (Å²) in [5.41, 5.74) is 4.30. The van der Waals surface area contributed by atoms with E-state index >= 15 is 0 Å². The summed E-state index contributed by atoms with van der Waals surface area (Å²) in [5, 5.41) is 7.63. The van der Waals surface area contributed by atoms with Gasteiger partial charge in [0.2, 0.25) is 0 Å². The van der Waals surface area contributed by atoms with E-state index in [2.05, 4.69) is 49.6 Å². The molecule has 134 valence electrons. The molecule has 1 aromatic carbocycles. The van der Waals surface area contributed by atoms with Crippen molar-refractivity contribution in [2.24, 2.45) is 0 Å². The van der Waals surface area contributed by atoms with Crippen molar-refractivity contribution in [2.75, 3.05) is 5.32 Å². The van der Waals surface area contributed by atoms with Gasteiger partial charge in [0.1, 0.15) is 5.82 Å². The van der Waals surface area contributed by atoms with Crippen LogP contribution in [0.25, 0.3) is 11.4 Å². The van der Waals surface area contributed by atoms with Crippen LogP contribution >= 0.6 is 0 Å². The quantitative estimate of drug-likeness (QED) is 0.570. The van der Waals surface area contributed by atoms with Crippen LogP contribution in [0.1, 0.15) is 16.8 Å². The van der Waals surface area contributed by atoms with Gasteiger partial charge in [0, 0.05) is 48.7 Å². The number of hydrogen-bond acceptors (Lipinski definition) is 5. The molecule has 1 N–H and O–H groups in total. The highest BCUT2D eigenvalue weighted by Gasteiger charge is 2.05. The summed E-state index contributed by atoms with van der Waals surface area (Å²) in [6.07, 6.45) is 7.26. The fourth-order valence-corrected chi connectivity index (χ4v) is 2.83. The number of anilines is 1. The highest BCUT2D eigenvalue weighted by Crippen LogP contribution is 2.17. The maximum absolute atomic E-state index is 4.62. The molecule has 6 nitrogen and oxygen atoms in total. The van der Waals surface area contributed by atoms with E-state index in [1.54, 1.807) is 18.6 Å². The Bertz CT molecular complexity index is 995. The van der Waals surface area contributed by atoms with E-state index in [-0.39, 0.29) is 0 Å². The van der Waals surface area contributed by atoms with Crippen LogP contribution in [0.15, 0.2) is 73.3 Å². The maximum atomic E-state index is 4.62. The number of aryl methyl sites for hydroxylation is 1. The molecule has 0 unspecified atom stereocenters. The summed E-state index contributed by atoms with van der Waals surface area (Å²) in [5.74, 6) is 1.52. The molecule has 0 bridgehead atoms. The number of nitrogens with zero attached hydrogens (tertiary/aromatic N) is 5. The van der Waals surface area contributed by atoms with E-state index in [9.17, 15) is 0 Å². The van der Waals surface area contributed by atoms with E-state index in [0.717, 1.165) is 23.6 Å². The highest BCUT2D eigenvalue weighted by atomic mass is 15.3. The molecule has 0 aliphatic heterocycles. The Kier molecular flexibility index (Phi) is 4.87. The predicted octanol–water partition coefficient (Wildman–Crippen LogP) is 3.70. The topological polar surface area (TPSA) is 68.5 Å². The van der Waals surface area contributed by atoms with Crippen LogP contribution in [0, 0.1) is 6.92 Å². The molecule has 4 aromatic rings. The number of hydrogen-bond donors (Lipinski definition) is 1. The average molecular weight is 356 g/mol. The first-order chi connectivity index (χ1) is 13.3. The fraction of sp³-hybridized carbons (Fsp3) is 0.143. The molecule has 0 spiro atoms. The Balaban J connectivity index is 1.43. The van der Waals surface area contributed by atoms with Crippen LogP contribution in [-0.4, -0.2) is 24.7 Å². The van der Waals surface area contributed by atoms with Gasteiger partial charge >= 0.3 is 0 Å². The van der Waals surface area contributed by atoms with Crippen LogP contribution in [0.2, 0.25) is 0 Å². The molecule has 0 atom stereocenters. The summed E-state index contributed by atoms with van der Waals surface area (Å²) in [4.78, 5) is 13.2. The number of rotatable bonds is 6. The van der Waals surface area contributed by atoms with Gasteiger partial charge in [0.25, 0.3) is 0 Å².